The number of carboxylic acid groups (broad SMARTS) is 1. The van der Waals surface area contributed by atoms with E-state index in [4.69, 9.17) is 14.6 Å². The Bertz CT molecular complexity index is 417. The van der Waals surface area contributed by atoms with E-state index in [1.165, 1.54) is 0 Å². The molecule has 1 rings (SSSR count). The Kier molecular flexibility index (Phi) is 7.79. The summed E-state index contributed by atoms with van der Waals surface area (Å²) in [7, 11) is 2.03. The molecule has 5 nitrogen and oxygen atoms in total. The van der Waals surface area contributed by atoms with Crippen LogP contribution in [0.5, 0.6) is 5.75 Å². The second-order valence-electron chi connectivity index (χ2n) is 5.29. The van der Waals surface area contributed by atoms with Crippen LogP contribution in [-0.4, -0.2) is 55.4 Å². The second-order valence-corrected chi connectivity index (χ2v) is 5.29. The molecule has 0 aliphatic carbocycles. The number of aliphatic carboxylic acids is 1. The summed E-state index contributed by atoms with van der Waals surface area (Å²) in [6, 6.07) is 7.17. The van der Waals surface area contributed by atoms with E-state index in [-0.39, 0.29) is 12.5 Å². The third kappa shape index (κ3) is 8.32. The predicted octanol–water partition coefficient (Wildman–Crippen LogP) is 2.05. The molecular weight excluding hydrogens is 270 g/mol. The van der Waals surface area contributed by atoms with Gasteiger partial charge in [-0.3, -0.25) is 4.79 Å². The molecular formula is C16H25NO4. The number of benzene rings is 1. The molecule has 0 spiro atoms. The maximum atomic E-state index is 10.6. The summed E-state index contributed by atoms with van der Waals surface area (Å²) in [4.78, 5) is 12.7. The lowest BCUT2D eigenvalue weighted by Gasteiger charge is -2.17. The molecule has 0 unspecified atom stereocenters. The largest absolute Gasteiger partial charge is 0.492 e. The number of carboxylic acids is 1. The van der Waals surface area contributed by atoms with Crippen LogP contribution in [0, 0.1) is 0 Å². The molecule has 0 heterocycles. The third-order valence-electron chi connectivity index (χ3n) is 2.94. The Balaban J connectivity index is 2.21. The lowest BCUT2D eigenvalue weighted by atomic mass is 10.1. The maximum Gasteiger partial charge on any atom is 0.307 e. The fraction of sp³-hybridized carbons (Fsp3) is 0.562. The van der Waals surface area contributed by atoms with Crippen LogP contribution in [0.3, 0.4) is 0 Å². The highest BCUT2D eigenvalue weighted by atomic mass is 16.5. The van der Waals surface area contributed by atoms with E-state index in [1.807, 2.05) is 20.9 Å². The fourth-order valence-electron chi connectivity index (χ4n) is 1.75. The molecule has 118 valence electrons. The number of hydrogen-bond acceptors (Lipinski definition) is 4. The lowest BCUT2D eigenvalue weighted by Crippen LogP contribution is -2.28. The zero-order valence-corrected chi connectivity index (χ0v) is 13.0. The van der Waals surface area contributed by atoms with Crippen molar-refractivity contribution in [1.29, 1.82) is 0 Å². The topological polar surface area (TPSA) is 59.0 Å². The quantitative estimate of drug-likeness (QED) is 0.716. The molecule has 1 aromatic rings. The normalized spacial score (nSPS) is 11.1. The summed E-state index contributed by atoms with van der Waals surface area (Å²) in [6.45, 7) is 7.06. The molecule has 1 N–H and O–H groups in total. The summed E-state index contributed by atoms with van der Waals surface area (Å²) >= 11 is 0. The molecule has 0 aromatic heterocycles. The maximum absolute atomic E-state index is 10.6. The van der Waals surface area contributed by atoms with Crippen molar-refractivity contribution in [3.05, 3.63) is 29.8 Å². The minimum absolute atomic E-state index is 0.0405. The zero-order chi connectivity index (χ0) is 15.7. The summed E-state index contributed by atoms with van der Waals surface area (Å²) in [5, 5.41) is 8.70. The molecule has 21 heavy (non-hydrogen) atoms. The Labute approximate surface area is 126 Å². The van der Waals surface area contributed by atoms with Crippen LogP contribution in [0.2, 0.25) is 0 Å². The van der Waals surface area contributed by atoms with Gasteiger partial charge in [0.05, 0.1) is 19.1 Å². The van der Waals surface area contributed by atoms with Crippen molar-refractivity contribution < 1.29 is 19.4 Å². The van der Waals surface area contributed by atoms with E-state index in [9.17, 15) is 4.79 Å². The van der Waals surface area contributed by atoms with Gasteiger partial charge in [-0.05, 0) is 38.6 Å². The van der Waals surface area contributed by atoms with Crippen molar-refractivity contribution in [3.8, 4) is 5.75 Å². The standard InChI is InChI=1S/C16H25NO4/c1-13(2)20-10-8-17(3)9-11-21-15-6-4-14(5-7-15)12-16(18)19/h4-7,13H,8-12H2,1-3H3,(H,18,19). The van der Waals surface area contributed by atoms with Crippen LogP contribution >= 0.6 is 0 Å². The van der Waals surface area contributed by atoms with E-state index in [2.05, 4.69) is 4.90 Å². The van der Waals surface area contributed by atoms with E-state index in [0.29, 0.717) is 6.61 Å². The minimum Gasteiger partial charge on any atom is -0.492 e. The van der Waals surface area contributed by atoms with Crippen molar-refractivity contribution in [2.75, 3.05) is 33.4 Å². The van der Waals surface area contributed by atoms with Gasteiger partial charge in [-0.2, -0.15) is 0 Å². The van der Waals surface area contributed by atoms with Gasteiger partial charge in [0.2, 0.25) is 0 Å². The van der Waals surface area contributed by atoms with Crippen molar-refractivity contribution in [2.45, 2.75) is 26.4 Å². The zero-order valence-electron chi connectivity index (χ0n) is 13.0. The molecule has 0 bridgehead atoms. The Morgan fingerprint density at radius 2 is 1.81 bits per heavy atom. The predicted molar refractivity (Wildman–Crippen MR) is 81.9 cm³/mol. The van der Waals surface area contributed by atoms with Crippen LogP contribution in [-0.2, 0) is 16.0 Å². The highest BCUT2D eigenvalue weighted by Gasteiger charge is 2.02. The number of nitrogens with zero attached hydrogens (tertiary/aromatic N) is 1. The minimum atomic E-state index is -0.825. The number of carbonyl (C=O) groups is 1. The summed E-state index contributed by atoms with van der Waals surface area (Å²) < 4.78 is 11.1. The average Bonchev–Trinajstić information content (AvgIpc) is 2.39. The monoisotopic (exact) mass is 295 g/mol. The van der Waals surface area contributed by atoms with Gasteiger partial charge in [-0.25, -0.2) is 0 Å². The number of rotatable bonds is 10. The van der Waals surface area contributed by atoms with Crippen LogP contribution in [0.25, 0.3) is 0 Å². The molecule has 5 heteroatoms. The van der Waals surface area contributed by atoms with Gasteiger partial charge >= 0.3 is 5.97 Å². The van der Waals surface area contributed by atoms with Crippen LogP contribution in [0.1, 0.15) is 19.4 Å². The first kappa shape index (κ1) is 17.5. The van der Waals surface area contributed by atoms with Gasteiger partial charge in [-0.15, -0.1) is 0 Å². The van der Waals surface area contributed by atoms with Crippen molar-refractivity contribution in [1.82, 2.24) is 4.90 Å². The van der Waals surface area contributed by atoms with Gasteiger partial charge in [-0.1, -0.05) is 12.1 Å². The second kappa shape index (κ2) is 9.37. The van der Waals surface area contributed by atoms with Crippen molar-refractivity contribution in [3.63, 3.8) is 0 Å². The van der Waals surface area contributed by atoms with Crippen molar-refractivity contribution in [2.24, 2.45) is 0 Å². The molecule has 0 saturated heterocycles. The summed E-state index contributed by atoms with van der Waals surface area (Å²) in [5.41, 5.74) is 0.776. The SMILES string of the molecule is CC(C)OCCN(C)CCOc1ccc(CC(=O)O)cc1. The molecule has 0 aliphatic heterocycles. The fourth-order valence-corrected chi connectivity index (χ4v) is 1.75. The number of ether oxygens (including phenoxy) is 2. The van der Waals surface area contributed by atoms with Gasteiger partial charge < -0.3 is 19.5 Å². The van der Waals surface area contributed by atoms with Crippen molar-refractivity contribution >= 4 is 5.97 Å². The van der Waals surface area contributed by atoms with E-state index >= 15 is 0 Å². The molecule has 0 amide bonds. The number of likely N-dealkylation sites (N-methyl/N-ethyl adjacent to an activating group) is 1. The molecule has 0 aliphatic rings. The van der Waals surface area contributed by atoms with Gasteiger partial charge in [0.15, 0.2) is 0 Å². The Hall–Kier alpha value is -1.59. The summed E-state index contributed by atoms with van der Waals surface area (Å²) in [5.74, 6) is -0.0649. The van der Waals surface area contributed by atoms with E-state index in [0.717, 1.165) is 31.0 Å². The van der Waals surface area contributed by atoms with Gasteiger partial charge in [0.1, 0.15) is 12.4 Å². The van der Waals surface area contributed by atoms with Gasteiger partial charge in [0, 0.05) is 13.1 Å². The smallest absolute Gasteiger partial charge is 0.307 e. The average molecular weight is 295 g/mol. The molecule has 0 saturated carbocycles. The molecule has 0 fully saturated rings. The Morgan fingerprint density at radius 3 is 2.38 bits per heavy atom. The van der Waals surface area contributed by atoms with Crippen LogP contribution in [0.4, 0.5) is 0 Å². The van der Waals surface area contributed by atoms with E-state index in [1.54, 1.807) is 24.3 Å². The summed E-state index contributed by atoms with van der Waals surface area (Å²) in [6.07, 6.45) is 0.303. The first-order chi connectivity index (χ1) is 9.97. The molecule has 0 atom stereocenters. The highest BCUT2D eigenvalue weighted by molar-refractivity contribution is 5.70. The first-order valence-corrected chi connectivity index (χ1v) is 7.21. The first-order valence-electron chi connectivity index (χ1n) is 7.21. The lowest BCUT2D eigenvalue weighted by molar-refractivity contribution is -0.136. The molecule has 1 aromatic carbocycles. The van der Waals surface area contributed by atoms with Crippen LogP contribution in [0.15, 0.2) is 24.3 Å². The Morgan fingerprint density at radius 1 is 1.19 bits per heavy atom. The number of hydrogen-bond donors (Lipinski definition) is 1. The van der Waals surface area contributed by atoms with E-state index < -0.39 is 5.97 Å². The highest BCUT2D eigenvalue weighted by Crippen LogP contribution is 2.12. The third-order valence-corrected chi connectivity index (χ3v) is 2.94. The van der Waals surface area contributed by atoms with Crippen LogP contribution < -0.4 is 4.74 Å². The van der Waals surface area contributed by atoms with Gasteiger partial charge in [0.25, 0.3) is 0 Å². The molecule has 0 radical (unpaired) electrons.